The molecule has 46 valence electrons. The fourth-order valence-electron chi connectivity index (χ4n) is 0.294. The van der Waals surface area contributed by atoms with Gasteiger partial charge in [-0.1, -0.05) is 19.1 Å². The van der Waals surface area contributed by atoms with E-state index in [0.717, 1.165) is 11.3 Å². The van der Waals surface area contributed by atoms with E-state index in [9.17, 15) is 4.79 Å². The van der Waals surface area contributed by atoms with Crippen LogP contribution in [-0.4, -0.2) is 9.98 Å². The Labute approximate surface area is 59.9 Å². The van der Waals surface area contributed by atoms with Crippen LogP contribution in [0.5, 0.6) is 0 Å². The predicted molar refractivity (Wildman–Crippen MR) is 41.5 cm³/mol. The Bertz CT molecular complexity index is 109. The maximum atomic E-state index is 10.2. The van der Waals surface area contributed by atoms with Crippen molar-refractivity contribution in [3.8, 4) is 0 Å². The molecular formula is C5H8OS2. The van der Waals surface area contributed by atoms with Crippen molar-refractivity contribution in [2.75, 3.05) is 0 Å². The van der Waals surface area contributed by atoms with Crippen LogP contribution in [0.25, 0.3) is 0 Å². The van der Waals surface area contributed by atoms with Crippen molar-refractivity contribution in [1.82, 2.24) is 0 Å². The summed E-state index contributed by atoms with van der Waals surface area (Å²) < 4.78 is 0. The van der Waals surface area contributed by atoms with Crippen molar-refractivity contribution >= 4 is 34.8 Å². The van der Waals surface area contributed by atoms with Crippen LogP contribution in [0.2, 0.25) is 0 Å². The molecule has 1 nitrogen and oxygen atoms in total. The molecule has 0 heterocycles. The molecule has 0 bridgehead atoms. The smallest absolute Gasteiger partial charge is 0.190 e. The molecule has 0 rings (SSSR count). The predicted octanol–water partition coefficient (Wildman–Crippen LogP) is 1.61. The summed E-state index contributed by atoms with van der Waals surface area (Å²) in [4.78, 5) is 11.0. The lowest BCUT2D eigenvalue weighted by Gasteiger charge is -1.90. The third-order valence-corrected chi connectivity index (χ3v) is 1.33. The first-order valence-electron chi connectivity index (χ1n) is 2.40. The van der Waals surface area contributed by atoms with E-state index in [4.69, 9.17) is 12.2 Å². The van der Waals surface area contributed by atoms with Gasteiger partial charge in [-0.2, -0.15) is 0 Å². The summed E-state index contributed by atoms with van der Waals surface area (Å²) in [6.45, 7) is 1.93. The van der Waals surface area contributed by atoms with Crippen molar-refractivity contribution in [3.05, 3.63) is 0 Å². The molecule has 0 amide bonds. The van der Waals surface area contributed by atoms with Crippen LogP contribution in [0.1, 0.15) is 19.8 Å². The maximum Gasteiger partial charge on any atom is 0.190 e. The van der Waals surface area contributed by atoms with Gasteiger partial charge in [-0.05, 0) is 6.42 Å². The van der Waals surface area contributed by atoms with Crippen LogP contribution in [0.15, 0.2) is 0 Å². The molecule has 0 aliphatic rings. The van der Waals surface area contributed by atoms with E-state index in [1.54, 1.807) is 0 Å². The second kappa shape index (κ2) is 4.04. The normalized spacial score (nSPS) is 8.75. The van der Waals surface area contributed by atoms with Crippen LogP contribution < -0.4 is 0 Å². The van der Waals surface area contributed by atoms with Crippen LogP contribution >= 0.6 is 24.8 Å². The molecule has 0 atom stereocenters. The molecule has 0 aromatic heterocycles. The van der Waals surface area contributed by atoms with Gasteiger partial charge in [-0.25, -0.2) is 0 Å². The summed E-state index contributed by atoms with van der Waals surface area (Å²) in [5.74, 6) is 0. The largest absolute Gasteiger partial charge is 0.287 e. The molecular weight excluding hydrogens is 140 g/mol. The van der Waals surface area contributed by atoms with E-state index in [1.165, 1.54) is 0 Å². The third-order valence-electron chi connectivity index (χ3n) is 0.743. The summed E-state index contributed by atoms with van der Waals surface area (Å²) in [6, 6.07) is 0. The van der Waals surface area contributed by atoms with Crippen molar-refractivity contribution in [3.63, 3.8) is 0 Å². The molecule has 8 heavy (non-hydrogen) atoms. The zero-order chi connectivity index (χ0) is 6.57. The summed E-state index contributed by atoms with van der Waals surface area (Å²) in [6.07, 6.45) is 1.14. The highest BCUT2D eigenvalue weighted by Crippen LogP contribution is 1.95. The number of thiol groups is 1. The lowest BCUT2D eigenvalue weighted by Crippen LogP contribution is -1.96. The number of hydrogen-bond donors (Lipinski definition) is 1. The van der Waals surface area contributed by atoms with Gasteiger partial charge in [0.05, 0.1) is 0 Å². The minimum Gasteiger partial charge on any atom is -0.287 e. The quantitative estimate of drug-likeness (QED) is 0.484. The van der Waals surface area contributed by atoms with E-state index in [0.29, 0.717) is 6.42 Å². The highest BCUT2D eigenvalue weighted by molar-refractivity contribution is 7.96. The average Bonchev–Trinajstić information content (AvgIpc) is 1.65. The van der Waals surface area contributed by atoms with Crippen LogP contribution in [0, 0.1) is 0 Å². The second-order valence-electron chi connectivity index (χ2n) is 1.46. The van der Waals surface area contributed by atoms with Gasteiger partial charge in [-0.15, -0.1) is 12.6 Å². The lowest BCUT2D eigenvalue weighted by molar-refractivity contribution is -0.109. The van der Waals surface area contributed by atoms with Gasteiger partial charge in [0.1, 0.15) is 0 Å². The van der Waals surface area contributed by atoms with Gasteiger partial charge in [0, 0.05) is 11.3 Å². The van der Waals surface area contributed by atoms with Gasteiger partial charge >= 0.3 is 0 Å². The Kier molecular flexibility index (Phi) is 4.09. The van der Waals surface area contributed by atoms with Crippen molar-refractivity contribution < 1.29 is 4.79 Å². The molecule has 0 saturated heterocycles. The van der Waals surface area contributed by atoms with Gasteiger partial charge < -0.3 is 0 Å². The number of hydrogen-bond acceptors (Lipinski definition) is 2. The van der Waals surface area contributed by atoms with E-state index in [1.807, 2.05) is 6.92 Å². The molecule has 0 aromatic rings. The molecule has 3 heteroatoms. The third kappa shape index (κ3) is 4.27. The molecule has 0 spiro atoms. The fourth-order valence-corrected chi connectivity index (χ4v) is 0.723. The van der Waals surface area contributed by atoms with Crippen molar-refractivity contribution in [2.45, 2.75) is 19.8 Å². The SMILES string of the molecule is CCC(=S)CC(=O)S. The molecule has 0 N–H and O–H groups in total. The molecule has 0 fully saturated rings. The molecule has 0 radical (unpaired) electrons. The van der Waals surface area contributed by atoms with Gasteiger partial charge in [0.2, 0.25) is 0 Å². The summed E-state index contributed by atoms with van der Waals surface area (Å²) in [5, 5.41) is -0.142. The Hall–Kier alpha value is 0.110. The van der Waals surface area contributed by atoms with Crippen molar-refractivity contribution in [1.29, 1.82) is 0 Å². The minimum atomic E-state index is -0.142. The first-order chi connectivity index (χ1) is 3.66. The first-order valence-corrected chi connectivity index (χ1v) is 3.26. The monoisotopic (exact) mass is 148 g/mol. The fraction of sp³-hybridized carbons (Fsp3) is 0.600. The van der Waals surface area contributed by atoms with Gasteiger partial charge in [-0.3, -0.25) is 4.79 Å². The first kappa shape index (κ1) is 8.11. The van der Waals surface area contributed by atoms with Gasteiger partial charge in [0.25, 0.3) is 0 Å². The maximum absolute atomic E-state index is 10.2. The standard InChI is InChI=1S/C5H8OS2/c1-2-4(7)3-5(6)8/h2-3H2,1H3,(H,6,8). The molecule has 0 aromatic carbocycles. The second-order valence-corrected chi connectivity index (χ2v) is 2.54. The highest BCUT2D eigenvalue weighted by atomic mass is 32.1. The topological polar surface area (TPSA) is 17.1 Å². The minimum absolute atomic E-state index is 0.142. The number of thiocarbonyl (C=S) groups is 1. The number of carbonyl (C=O) groups is 1. The van der Waals surface area contributed by atoms with Gasteiger partial charge in [0.15, 0.2) is 5.12 Å². The lowest BCUT2D eigenvalue weighted by atomic mass is 10.3. The van der Waals surface area contributed by atoms with E-state index < -0.39 is 0 Å². The molecule has 0 saturated carbocycles. The highest BCUT2D eigenvalue weighted by Gasteiger charge is 1.96. The van der Waals surface area contributed by atoms with E-state index in [2.05, 4.69) is 12.6 Å². The van der Waals surface area contributed by atoms with E-state index in [-0.39, 0.29) is 5.12 Å². The zero-order valence-corrected chi connectivity index (χ0v) is 6.39. The summed E-state index contributed by atoms with van der Waals surface area (Å²) in [5.41, 5.74) is 0. The number of carbonyl (C=O) groups excluding carboxylic acids is 1. The zero-order valence-electron chi connectivity index (χ0n) is 4.68. The average molecular weight is 148 g/mol. The summed E-state index contributed by atoms with van der Waals surface area (Å²) >= 11 is 8.33. The summed E-state index contributed by atoms with van der Waals surface area (Å²) in [7, 11) is 0. The van der Waals surface area contributed by atoms with Crippen LogP contribution in [0.4, 0.5) is 0 Å². The van der Waals surface area contributed by atoms with Crippen LogP contribution in [-0.2, 0) is 4.79 Å². The number of rotatable bonds is 3. The van der Waals surface area contributed by atoms with Crippen molar-refractivity contribution in [2.24, 2.45) is 0 Å². The Morgan fingerprint density at radius 3 is 2.38 bits per heavy atom. The molecule has 0 aliphatic carbocycles. The molecule has 0 unspecified atom stereocenters. The molecule has 0 aliphatic heterocycles. The Morgan fingerprint density at radius 2 is 2.25 bits per heavy atom. The van der Waals surface area contributed by atoms with Crippen LogP contribution in [0.3, 0.4) is 0 Å². The van der Waals surface area contributed by atoms with E-state index >= 15 is 0 Å². The Balaban J connectivity index is 3.40. The Morgan fingerprint density at radius 1 is 1.75 bits per heavy atom.